The Balaban J connectivity index is 2.64. The average molecular weight is 234 g/mol. The van der Waals surface area contributed by atoms with E-state index in [0.717, 1.165) is 0 Å². The van der Waals surface area contributed by atoms with Crippen LogP contribution in [0.3, 0.4) is 0 Å². The maximum Gasteiger partial charge on any atom is 0.337 e. The fourth-order valence-corrected chi connectivity index (χ4v) is 1.23. The van der Waals surface area contributed by atoms with E-state index in [1.54, 1.807) is 18.2 Å². The smallest absolute Gasteiger partial charge is 0.337 e. The molecule has 0 unspecified atom stereocenters. The second-order valence-corrected chi connectivity index (χ2v) is 3.31. The largest absolute Gasteiger partial charge is 0.478 e. The molecule has 5 heteroatoms. The summed E-state index contributed by atoms with van der Waals surface area (Å²) >= 11 is 0. The van der Waals surface area contributed by atoms with E-state index in [-0.39, 0.29) is 11.3 Å². The van der Waals surface area contributed by atoms with Crippen LogP contribution in [-0.4, -0.2) is 23.7 Å². The Morgan fingerprint density at radius 3 is 2.71 bits per heavy atom. The molecule has 5 nitrogen and oxygen atoms in total. The summed E-state index contributed by atoms with van der Waals surface area (Å²) in [5, 5.41) is 14.0. The fraction of sp³-hybridized carbons (Fsp3) is 0.167. The Bertz CT molecular complexity index is 430. The lowest BCUT2D eigenvalue weighted by Crippen LogP contribution is -2.29. The number of carboxylic acids is 1. The molecule has 0 heterocycles. The number of carbonyl (C=O) groups excluding carboxylic acids is 1. The summed E-state index contributed by atoms with van der Waals surface area (Å²) in [5.41, 5.74) is 0.336. The van der Waals surface area contributed by atoms with Crippen molar-refractivity contribution in [2.24, 2.45) is 0 Å². The highest BCUT2D eigenvalue weighted by atomic mass is 16.4. The summed E-state index contributed by atoms with van der Waals surface area (Å²) < 4.78 is 0. The lowest BCUT2D eigenvalue weighted by atomic mass is 10.2. The van der Waals surface area contributed by atoms with Gasteiger partial charge in [-0.1, -0.05) is 18.2 Å². The molecule has 0 bridgehead atoms. The molecule has 1 aromatic carbocycles. The minimum Gasteiger partial charge on any atom is -0.478 e. The molecule has 0 aliphatic rings. The second-order valence-electron chi connectivity index (χ2n) is 3.31. The van der Waals surface area contributed by atoms with Crippen molar-refractivity contribution in [1.29, 1.82) is 0 Å². The van der Waals surface area contributed by atoms with Crippen molar-refractivity contribution in [3.8, 4) is 0 Å². The number of rotatable bonds is 5. The van der Waals surface area contributed by atoms with Crippen molar-refractivity contribution < 1.29 is 14.7 Å². The van der Waals surface area contributed by atoms with Crippen LogP contribution in [0.15, 0.2) is 36.9 Å². The zero-order valence-electron chi connectivity index (χ0n) is 9.27. The maximum atomic E-state index is 11.4. The molecule has 0 fully saturated rings. The first-order valence-corrected chi connectivity index (χ1v) is 5.13. The van der Waals surface area contributed by atoms with Crippen molar-refractivity contribution >= 4 is 17.7 Å². The van der Waals surface area contributed by atoms with Gasteiger partial charge >= 0.3 is 12.0 Å². The molecule has 17 heavy (non-hydrogen) atoms. The first-order valence-electron chi connectivity index (χ1n) is 5.13. The molecule has 0 radical (unpaired) electrons. The van der Waals surface area contributed by atoms with Crippen molar-refractivity contribution in [2.75, 3.05) is 11.9 Å². The molecular formula is C12H14N2O3. The molecule has 0 atom stereocenters. The third-order valence-corrected chi connectivity index (χ3v) is 2.04. The molecule has 0 aliphatic heterocycles. The Hall–Kier alpha value is -2.30. The fourth-order valence-electron chi connectivity index (χ4n) is 1.23. The van der Waals surface area contributed by atoms with Gasteiger partial charge in [0.05, 0.1) is 11.3 Å². The molecule has 3 N–H and O–H groups in total. The predicted octanol–water partition coefficient (Wildman–Crippen LogP) is 2.08. The van der Waals surface area contributed by atoms with Gasteiger partial charge < -0.3 is 15.7 Å². The van der Waals surface area contributed by atoms with E-state index in [1.165, 1.54) is 12.1 Å². The molecule has 0 saturated heterocycles. The molecular weight excluding hydrogens is 220 g/mol. The van der Waals surface area contributed by atoms with Crippen molar-refractivity contribution in [2.45, 2.75) is 6.42 Å². The first kappa shape index (κ1) is 12.8. The quantitative estimate of drug-likeness (QED) is 0.539. The van der Waals surface area contributed by atoms with E-state index in [4.69, 9.17) is 5.11 Å². The van der Waals surface area contributed by atoms with E-state index < -0.39 is 12.0 Å². The van der Waals surface area contributed by atoms with Crippen LogP contribution in [0.1, 0.15) is 16.8 Å². The summed E-state index contributed by atoms with van der Waals surface area (Å²) in [5.74, 6) is -1.08. The lowest BCUT2D eigenvalue weighted by Gasteiger charge is -2.08. The zero-order chi connectivity index (χ0) is 12.7. The van der Waals surface area contributed by atoms with Crippen LogP contribution in [-0.2, 0) is 0 Å². The Morgan fingerprint density at radius 2 is 2.06 bits per heavy atom. The monoisotopic (exact) mass is 234 g/mol. The normalized spacial score (nSPS) is 9.41. The highest BCUT2D eigenvalue weighted by Crippen LogP contribution is 2.14. The first-order chi connectivity index (χ1) is 8.15. The van der Waals surface area contributed by atoms with Crippen LogP contribution in [0.25, 0.3) is 0 Å². The van der Waals surface area contributed by atoms with Crippen LogP contribution < -0.4 is 10.6 Å². The summed E-state index contributed by atoms with van der Waals surface area (Å²) in [7, 11) is 0. The number of carboxylic acid groups (broad SMARTS) is 1. The number of benzene rings is 1. The van der Waals surface area contributed by atoms with Gasteiger partial charge in [-0.3, -0.25) is 0 Å². The maximum absolute atomic E-state index is 11.4. The number of hydrogen-bond donors (Lipinski definition) is 3. The van der Waals surface area contributed by atoms with Crippen LogP contribution in [0.5, 0.6) is 0 Å². The van der Waals surface area contributed by atoms with Crippen molar-refractivity contribution in [1.82, 2.24) is 5.32 Å². The van der Waals surface area contributed by atoms with Crippen LogP contribution >= 0.6 is 0 Å². The van der Waals surface area contributed by atoms with Crippen molar-refractivity contribution in [3.05, 3.63) is 42.5 Å². The van der Waals surface area contributed by atoms with Gasteiger partial charge in [-0.15, -0.1) is 6.58 Å². The number of urea groups is 1. The molecule has 0 saturated carbocycles. The number of carbonyl (C=O) groups is 2. The minimum atomic E-state index is -1.08. The van der Waals surface area contributed by atoms with Gasteiger partial charge in [-0.2, -0.15) is 0 Å². The van der Waals surface area contributed by atoms with Crippen molar-refractivity contribution in [3.63, 3.8) is 0 Å². The topological polar surface area (TPSA) is 78.4 Å². The van der Waals surface area contributed by atoms with Gasteiger partial charge in [-0.25, -0.2) is 9.59 Å². The molecule has 1 rings (SSSR count). The van der Waals surface area contributed by atoms with Gasteiger partial charge in [-0.05, 0) is 18.6 Å². The van der Waals surface area contributed by atoms with Crippen LogP contribution in [0.4, 0.5) is 10.5 Å². The highest BCUT2D eigenvalue weighted by Gasteiger charge is 2.10. The van der Waals surface area contributed by atoms with Gasteiger partial charge in [0, 0.05) is 6.54 Å². The second kappa shape index (κ2) is 6.32. The number of aromatic carboxylic acids is 1. The van der Waals surface area contributed by atoms with E-state index in [0.29, 0.717) is 13.0 Å². The third kappa shape index (κ3) is 3.98. The molecule has 2 amide bonds. The Labute approximate surface area is 99.1 Å². The number of para-hydroxylation sites is 1. The minimum absolute atomic E-state index is 0.0615. The van der Waals surface area contributed by atoms with Gasteiger partial charge in [0.15, 0.2) is 0 Å². The van der Waals surface area contributed by atoms with E-state index in [1.807, 2.05) is 0 Å². The summed E-state index contributed by atoms with van der Waals surface area (Å²) in [6.45, 7) is 3.99. The predicted molar refractivity (Wildman–Crippen MR) is 65.2 cm³/mol. The Kier molecular flexibility index (Phi) is 4.75. The summed E-state index contributed by atoms with van der Waals surface area (Å²) in [6, 6.07) is 5.80. The summed E-state index contributed by atoms with van der Waals surface area (Å²) in [6.07, 6.45) is 2.35. The van der Waals surface area contributed by atoms with E-state index >= 15 is 0 Å². The van der Waals surface area contributed by atoms with Gasteiger partial charge in [0.25, 0.3) is 0 Å². The lowest BCUT2D eigenvalue weighted by molar-refractivity contribution is 0.0698. The molecule has 90 valence electrons. The molecule has 0 aromatic heterocycles. The van der Waals surface area contributed by atoms with Gasteiger partial charge in [0.2, 0.25) is 0 Å². The van der Waals surface area contributed by atoms with Gasteiger partial charge in [0.1, 0.15) is 0 Å². The van der Waals surface area contributed by atoms with E-state index in [2.05, 4.69) is 17.2 Å². The standard InChI is InChI=1S/C12H14N2O3/c1-2-3-8-13-12(17)14-10-7-5-4-6-9(10)11(15)16/h2,4-7H,1,3,8H2,(H,15,16)(H2,13,14,17). The molecule has 1 aromatic rings. The van der Waals surface area contributed by atoms with Crippen LogP contribution in [0.2, 0.25) is 0 Å². The number of anilines is 1. The highest BCUT2D eigenvalue weighted by molar-refractivity contribution is 5.99. The third-order valence-electron chi connectivity index (χ3n) is 2.04. The average Bonchev–Trinajstić information content (AvgIpc) is 2.29. The zero-order valence-corrected chi connectivity index (χ0v) is 9.27. The van der Waals surface area contributed by atoms with Crippen LogP contribution in [0, 0.1) is 0 Å². The number of nitrogens with one attached hydrogen (secondary N) is 2. The Morgan fingerprint density at radius 1 is 1.35 bits per heavy atom. The van der Waals surface area contributed by atoms with E-state index in [9.17, 15) is 9.59 Å². The number of amides is 2. The molecule has 0 spiro atoms. The number of hydrogen-bond acceptors (Lipinski definition) is 2. The summed E-state index contributed by atoms with van der Waals surface area (Å²) in [4.78, 5) is 22.3. The molecule has 0 aliphatic carbocycles. The SMILES string of the molecule is C=CCCNC(=O)Nc1ccccc1C(=O)O.